The number of benzene rings is 5. The van der Waals surface area contributed by atoms with Crippen molar-refractivity contribution in [1.82, 2.24) is 0 Å². The normalized spacial score (nSPS) is 10.2. The summed E-state index contributed by atoms with van der Waals surface area (Å²) in [6.07, 6.45) is 6.62. The molecule has 5 aromatic carbocycles. The number of aryl methyl sites for hydroxylation is 6. The van der Waals surface area contributed by atoms with Gasteiger partial charge in [-0.2, -0.15) is 0 Å². The minimum absolute atomic E-state index is 0.895. The third-order valence-electron chi connectivity index (χ3n) is 7.80. The lowest BCUT2D eigenvalue weighted by Gasteiger charge is -2.06. The fourth-order valence-corrected chi connectivity index (χ4v) is 4.60. The Morgan fingerprint density at radius 2 is 0.465 bits per heavy atom. The Balaban J connectivity index is 0.000000183. The van der Waals surface area contributed by atoms with Crippen LogP contribution < -0.4 is 4.74 Å². The molecule has 0 saturated carbocycles. The van der Waals surface area contributed by atoms with Crippen molar-refractivity contribution in [3.8, 4) is 22.6 Å². The first-order valence-electron chi connectivity index (χ1n) is 16.1. The first kappa shape index (κ1) is 33.4. The molecule has 0 amide bonds. The lowest BCUT2D eigenvalue weighted by molar-refractivity contribution is 0.482. The van der Waals surface area contributed by atoms with Gasteiger partial charge in [0.15, 0.2) is 0 Å². The number of hydrogen-bond donors (Lipinski definition) is 0. The minimum Gasteiger partial charge on any atom is -0.457 e. The molecule has 0 N–H and O–H groups in total. The Bertz CT molecular complexity index is 1310. The maximum Gasteiger partial charge on any atom is 0.127 e. The average molecular weight is 571 g/mol. The summed E-state index contributed by atoms with van der Waals surface area (Å²) in [5, 5.41) is 0. The van der Waals surface area contributed by atoms with Gasteiger partial charge in [0.05, 0.1) is 0 Å². The summed E-state index contributed by atoms with van der Waals surface area (Å²) >= 11 is 0. The Morgan fingerprint density at radius 1 is 0.279 bits per heavy atom. The second kappa shape index (κ2) is 18.4. The predicted molar refractivity (Wildman–Crippen MR) is 188 cm³/mol. The second-order valence-corrected chi connectivity index (χ2v) is 10.7. The van der Waals surface area contributed by atoms with Gasteiger partial charge in [-0.05, 0) is 107 Å². The first-order valence-corrected chi connectivity index (χ1v) is 16.1. The van der Waals surface area contributed by atoms with Gasteiger partial charge in [0, 0.05) is 0 Å². The SMILES string of the molecule is CCc1ccc(-c2ccc(CC)cc2)cc1.CCc1ccc(CC)cc1.CCc1ccc(Oc2ccc(CC)cc2)cc1. The van der Waals surface area contributed by atoms with E-state index < -0.39 is 0 Å². The number of hydrogen-bond acceptors (Lipinski definition) is 1. The number of rotatable bonds is 9. The van der Waals surface area contributed by atoms with E-state index in [1.165, 1.54) is 44.5 Å². The van der Waals surface area contributed by atoms with E-state index in [1.54, 1.807) is 0 Å². The van der Waals surface area contributed by atoms with Crippen LogP contribution in [0.1, 0.15) is 74.9 Å². The van der Waals surface area contributed by atoms with Crippen LogP contribution in [0.4, 0.5) is 0 Å². The molecular formula is C42H50O. The monoisotopic (exact) mass is 570 g/mol. The van der Waals surface area contributed by atoms with E-state index >= 15 is 0 Å². The summed E-state index contributed by atoms with van der Waals surface area (Å²) < 4.78 is 5.78. The summed E-state index contributed by atoms with van der Waals surface area (Å²) in [5.74, 6) is 1.79. The molecule has 0 bridgehead atoms. The van der Waals surface area contributed by atoms with Gasteiger partial charge in [-0.15, -0.1) is 0 Å². The molecule has 1 heteroatoms. The molecule has 0 aliphatic heterocycles. The molecule has 224 valence electrons. The van der Waals surface area contributed by atoms with E-state index in [0.29, 0.717) is 0 Å². The summed E-state index contributed by atoms with van der Waals surface area (Å²) in [5.41, 5.74) is 10.9. The van der Waals surface area contributed by atoms with Crippen LogP contribution in [-0.4, -0.2) is 0 Å². The zero-order valence-electron chi connectivity index (χ0n) is 27.2. The lowest BCUT2D eigenvalue weighted by atomic mass is 10.0. The van der Waals surface area contributed by atoms with Crippen molar-refractivity contribution < 1.29 is 4.74 Å². The minimum atomic E-state index is 0.895. The summed E-state index contributed by atoms with van der Waals surface area (Å²) in [4.78, 5) is 0. The molecule has 5 rings (SSSR count). The van der Waals surface area contributed by atoms with Crippen molar-refractivity contribution in [2.45, 2.75) is 80.1 Å². The number of ether oxygens (including phenoxy) is 1. The summed E-state index contributed by atoms with van der Waals surface area (Å²) in [7, 11) is 0. The van der Waals surface area contributed by atoms with Crippen molar-refractivity contribution in [2.75, 3.05) is 0 Å². The van der Waals surface area contributed by atoms with Crippen LogP contribution in [0.5, 0.6) is 11.5 Å². The molecule has 0 saturated heterocycles. The maximum absolute atomic E-state index is 5.78. The van der Waals surface area contributed by atoms with Crippen LogP contribution in [0.3, 0.4) is 0 Å². The van der Waals surface area contributed by atoms with Gasteiger partial charge in [0.1, 0.15) is 11.5 Å². The van der Waals surface area contributed by atoms with Crippen LogP contribution in [-0.2, 0) is 38.5 Å². The largest absolute Gasteiger partial charge is 0.457 e. The molecule has 0 aliphatic rings. The molecule has 0 aliphatic carbocycles. The Morgan fingerprint density at radius 3 is 0.674 bits per heavy atom. The Kier molecular flexibility index (Phi) is 14.3. The molecule has 0 heterocycles. The topological polar surface area (TPSA) is 9.23 Å². The van der Waals surface area contributed by atoms with Gasteiger partial charge >= 0.3 is 0 Å². The fraction of sp³-hybridized carbons (Fsp3) is 0.286. The lowest BCUT2D eigenvalue weighted by Crippen LogP contribution is -1.86. The fourth-order valence-electron chi connectivity index (χ4n) is 4.60. The molecule has 0 atom stereocenters. The third-order valence-corrected chi connectivity index (χ3v) is 7.80. The van der Waals surface area contributed by atoms with Crippen LogP contribution >= 0.6 is 0 Å². The van der Waals surface area contributed by atoms with Gasteiger partial charge in [0.2, 0.25) is 0 Å². The highest BCUT2D eigenvalue weighted by atomic mass is 16.5. The van der Waals surface area contributed by atoms with Crippen LogP contribution in [0.25, 0.3) is 11.1 Å². The highest BCUT2D eigenvalue weighted by Crippen LogP contribution is 2.23. The van der Waals surface area contributed by atoms with E-state index in [9.17, 15) is 0 Å². The second-order valence-electron chi connectivity index (χ2n) is 10.7. The Hall–Kier alpha value is -4.10. The molecule has 5 aromatic rings. The third kappa shape index (κ3) is 11.2. The molecule has 0 unspecified atom stereocenters. The van der Waals surface area contributed by atoms with Gasteiger partial charge in [0.25, 0.3) is 0 Å². The zero-order chi connectivity index (χ0) is 30.9. The Labute approximate surface area is 261 Å². The molecule has 0 fully saturated rings. The van der Waals surface area contributed by atoms with E-state index in [0.717, 1.165) is 50.0 Å². The average Bonchev–Trinajstić information content (AvgIpc) is 3.09. The van der Waals surface area contributed by atoms with Crippen molar-refractivity contribution in [3.63, 3.8) is 0 Å². The summed E-state index contributed by atoms with van der Waals surface area (Å²) in [6, 6.07) is 43.0. The van der Waals surface area contributed by atoms with Crippen molar-refractivity contribution in [2.24, 2.45) is 0 Å². The van der Waals surface area contributed by atoms with Crippen LogP contribution in [0.2, 0.25) is 0 Å². The zero-order valence-corrected chi connectivity index (χ0v) is 27.2. The van der Waals surface area contributed by atoms with Crippen molar-refractivity contribution >= 4 is 0 Å². The smallest absolute Gasteiger partial charge is 0.127 e. The highest BCUT2D eigenvalue weighted by Gasteiger charge is 1.99. The van der Waals surface area contributed by atoms with Gasteiger partial charge in [-0.25, -0.2) is 0 Å². The first-order chi connectivity index (χ1) is 21.0. The molecule has 0 aromatic heterocycles. The predicted octanol–water partition coefficient (Wildman–Crippen LogP) is 11.9. The van der Waals surface area contributed by atoms with Gasteiger partial charge in [-0.1, -0.05) is 139 Å². The molecular weight excluding hydrogens is 520 g/mol. The van der Waals surface area contributed by atoms with Gasteiger partial charge < -0.3 is 4.74 Å². The summed E-state index contributed by atoms with van der Waals surface area (Å²) in [6.45, 7) is 13.0. The quantitative estimate of drug-likeness (QED) is 0.171. The maximum atomic E-state index is 5.78. The molecule has 0 spiro atoms. The van der Waals surface area contributed by atoms with E-state index in [2.05, 4.69) is 139 Å². The molecule has 0 radical (unpaired) electrons. The highest BCUT2D eigenvalue weighted by molar-refractivity contribution is 5.64. The van der Waals surface area contributed by atoms with Crippen LogP contribution in [0, 0.1) is 0 Å². The van der Waals surface area contributed by atoms with E-state index in [1.807, 2.05) is 24.3 Å². The van der Waals surface area contributed by atoms with E-state index in [4.69, 9.17) is 4.74 Å². The van der Waals surface area contributed by atoms with Crippen molar-refractivity contribution in [1.29, 1.82) is 0 Å². The standard InChI is InChI=1S/C16H18O.C16H18.C10H14/c1-3-13-5-9-15(10-6-13)17-16-11-7-14(4-2)8-12-16;1-3-13-5-9-15(10-6-13)16-11-7-14(4-2)8-12-16;1-3-9-5-7-10(4-2)8-6-9/h5-12H,3-4H2,1-2H3;5-12H,3-4H2,1-2H3;5-8H,3-4H2,1-2H3. The molecule has 1 nitrogen and oxygen atoms in total. The van der Waals surface area contributed by atoms with E-state index in [-0.39, 0.29) is 0 Å². The van der Waals surface area contributed by atoms with Crippen molar-refractivity contribution in [3.05, 3.63) is 155 Å². The molecule has 43 heavy (non-hydrogen) atoms. The van der Waals surface area contributed by atoms with Gasteiger partial charge in [-0.3, -0.25) is 0 Å². The van der Waals surface area contributed by atoms with Crippen LogP contribution in [0.15, 0.2) is 121 Å².